The van der Waals surface area contributed by atoms with Crippen LogP contribution in [-0.2, 0) is 0 Å². The molecule has 1 aromatic heterocycles. The van der Waals surface area contributed by atoms with Crippen LogP contribution in [0.15, 0.2) is 24.3 Å². The Morgan fingerprint density at radius 2 is 2.13 bits per heavy atom. The first-order chi connectivity index (χ1) is 7.24. The van der Waals surface area contributed by atoms with Gasteiger partial charge in [0.2, 0.25) is 0 Å². The maximum Gasteiger partial charge on any atom is 0.175 e. The predicted octanol–water partition coefficient (Wildman–Crippen LogP) is 3.63. The highest BCUT2D eigenvalue weighted by Gasteiger charge is 2.31. The van der Waals surface area contributed by atoms with E-state index in [2.05, 4.69) is 0 Å². The molecule has 0 bridgehead atoms. The fourth-order valence-corrected chi connectivity index (χ4v) is 2.74. The minimum atomic E-state index is -0.245. The van der Waals surface area contributed by atoms with Gasteiger partial charge in [0.15, 0.2) is 5.78 Å². The number of thiophene rings is 1. The Kier molecular flexibility index (Phi) is 1.89. The van der Waals surface area contributed by atoms with Gasteiger partial charge in [-0.3, -0.25) is 4.79 Å². The Morgan fingerprint density at radius 3 is 2.87 bits per heavy atom. The molecule has 15 heavy (non-hydrogen) atoms. The Balaban J connectivity index is 2.09. The van der Waals surface area contributed by atoms with Crippen LogP contribution in [0.1, 0.15) is 22.5 Å². The molecule has 2 aromatic rings. The molecule has 0 N–H and O–H groups in total. The van der Waals surface area contributed by atoms with Crippen LogP contribution in [0.25, 0.3) is 10.1 Å². The summed E-state index contributed by atoms with van der Waals surface area (Å²) in [7, 11) is 0. The van der Waals surface area contributed by atoms with Crippen LogP contribution >= 0.6 is 11.3 Å². The van der Waals surface area contributed by atoms with Crippen molar-refractivity contribution in [3.05, 3.63) is 35.0 Å². The van der Waals surface area contributed by atoms with Crippen LogP contribution in [0.5, 0.6) is 0 Å². The zero-order valence-electron chi connectivity index (χ0n) is 8.00. The van der Waals surface area contributed by atoms with Crippen molar-refractivity contribution < 1.29 is 9.18 Å². The largest absolute Gasteiger partial charge is 0.293 e. The lowest BCUT2D eigenvalue weighted by Crippen LogP contribution is -1.96. The first-order valence-electron chi connectivity index (χ1n) is 4.97. The van der Waals surface area contributed by atoms with Gasteiger partial charge in [-0.1, -0.05) is 0 Å². The zero-order chi connectivity index (χ0) is 10.4. The van der Waals surface area contributed by atoms with Gasteiger partial charge in [-0.05, 0) is 42.5 Å². The van der Waals surface area contributed by atoms with Gasteiger partial charge in [-0.25, -0.2) is 4.39 Å². The molecule has 3 heteroatoms. The standard InChI is InChI=1S/C12H9FOS/c13-9-3-4-10-8(5-9)6-11(15-10)12(14)7-1-2-7/h3-7H,1-2H2. The quantitative estimate of drug-likeness (QED) is 0.706. The van der Waals surface area contributed by atoms with Crippen LogP contribution in [-0.4, -0.2) is 5.78 Å². The highest BCUT2D eigenvalue weighted by molar-refractivity contribution is 7.20. The molecule has 1 aliphatic rings. The van der Waals surface area contributed by atoms with E-state index in [0.29, 0.717) is 0 Å². The van der Waals surface area contributed by atoms with E-state index < -0.39 is 0 Å². The molecule has 0 radical (unpaired) electrons. The van der Waals surface area contributed by atoms with E-state index >= 15 is 0 Å². The topological polar surface area (TPSA) is 17.1 Å². The molecular weight excluding hydrogens is 211 g/mol. The second-order valence-corrected chi connectivity index (χ2v) is 5.02. The van der Waals surface area contributed by atoms with E-state index in [9.17, 15) is 9.18 Å². The first-order valence-corrected chi connectivity index (χ1v) is 5.79. The van der Waals surface area contributed by atoms with Gasteiger partial charge >= 0.3 is 0 Å². The molecule has 3 rings (SSSR count). The summed E-state index contributed by atoms with van der Waals surface area (Å²) in [5, 5.41) is 0.837. The van der Waals surface area contributed by atoms with Crippen LogP contribution in [0.3, 0.4) is 0 Å². The second-order valence-electron chi connectivity index (χ2n) is 3.93. The normalized spacial score (nSPS) is 15.8. The minimum absolute atomic E-state index is 0.233. The molecule has 1 nitrogen and oxygen atoms in total. The van der Waals surface area contributed by atoms with Crippen molar-refractivity contribution >= 4 is 27.2 Å². The van der Waals surface area contributed by atoms with E-state index in [4.69, 9.17) is 0 Å². The lowest BCUT2D eigenvalue weighted by Gasteiger charge is -1.89. The van der Waals surface area contributed by atoms with Gasteiger partial charge in [0.05, 0.1) is 4.88 Å². The highest BCUT2D eigenvalue weighted by Crippen LogP contribution is 2.36. The number of hydrogen-bond donors (Lipinski definition) is 0. The average Bonchev–Trinajstić information content (AvgIpc) is 2.97. The zero-order valence-corrected chi connectivity index (χ0v) is 8.81. The summed E-state index contributed by atoms with van der Waals surface area (Å²) in [6.45, 7) is 0. The molecular formula is C12H9FOS. The lowest BCUT2D eigenvalue weighted by atomic mass is 10.2. The second kappa shape index (κ2) is 3.14. The van der Waals surface area contributed by atoms with Crippen LogP contribution in [0, 0.1) is 11.7 Å². The third-order valence-corrected chi connectivity index (χ3v) is 3.80. The maximum atomic E-state index is 12.9. The highest BCUT2D eigenvalue weighted by atomic mass is 32.1. The summed E-state index contributed by atoms with van der Waals surface area (Å²) in [6.07, 6.45) is 2.03. The first kappa shape index (κ1) is 9.04. The Labute approximate surface area is 90.5 Å². The number of Topliss-reactive ketones (excluding diaryl/α,β-unsaturated/α-hetero) is 1. The molecule has 1 heterocycles. The Morgan fingerprint density at radius 1 is 1.33 bits per heavy atom. The summed E-state index contributed by atoms with van der Waals surface area (Å²) in [6, 6.07) is 6.46. The van der Waals surface area contributed by atoms with Crippen molar-refractivity contribution in [2.24, 2.45) is 5.92 Å². The van der Waals surface area contributed by atoms with Crippen molar-refractivity contribution in [3.8, 4) is 0 Å². The van der Waals surface area contributed by atoms with Gasteiger partial charge in [-0.2, -0.15) is 0 Å². The van der Waals surface area contributed by atoms with Crippen molar-refractivity contribution in [3.63, 3.8) is 0 Å². The monoisotopic (exact) mass is 220 g/mol. The number of fused-ring (bicyclic) bond motifs is 1. The van der Waals surface area contributed by atoms with Gasteiger partial charge < -0.3 is 0 Å². The number of benzene rings is 1. The van der Waals surface area contributed by atoms with E-state index in [1.54, 1.807) is 6.07 Å². The summed E-state index contributed by atoms with van der Waals surface area (Å²) in [4.78, 5) is 12.6. The molecule has 0 unspecified atom stereocenters. The Bertz CT molecular complexity index is 540. The van der Waals surface area contributed by atoms with Gasteiger partial charge in [0.25, 0.3) is 0 Å². The van der Waals surface area contributed by atoms with E-state index in [0.717, 1.165) is 27.8 Å². The summed E-state index contributed by atoms with van der Waals surface area (Å²) in [5.74, 6) is 0.227. The number of hydrogen-bond acceptors (Lipinski definition) is 2. The number of carbonyl (C=O) groups is 1. The van der Waals surface area contributed by atoms with E-state index in [1.165, 1.54) is 23.5 Å². The van der Waals surface area contributed by atoms with Crippen molar-refractivity contribution in [2.45, 2.75) is 12.8 Å². The summed E-state index contributed by atoms with van der Waals surface area (Å²) >= 11 is 1.47. The molecule has 1 saturated carbocycles. The maximum absolute atomic E-state index is 12.9. The predicted molar refractivity (Wildman–Crippen MR) is 58.8 cm³/mol. The van der Waals surface area contributed by atoms with E-state index in [1.807, 2.05) is 6.07 Å². The SMILES string of the molecule is O=C(c1cc2cc(F)ccc2s1)C1CC1. The fourth-order valence-electron chi connectivity index (χ4n) is 1.68. The van der Waals surface area contributed by atoms with Crippen molar-refractivity contribution in [1.82, 2.24) is 0 Å². The third-order valence-electron chi connectivity index (χ3n) is 2.67. The van der Waals surface area contributed by atoms with Gasteiger partial charge in [-0.15, -0.1) is 11.3 Å². The Hall–Kier alpha value is -1.22. The number of halogens is 1. The molecule has 1 aromatic carbocycles. The molecule has 0 atom stereocenters. The average molecular weight is 220 g/mol. The molecule has 1 fully saturated rings. The fraction of sp³-hybridized carbons (Fsp3) is 0.250. The molecule has 0 spiro atoms. The van der Waals surface area contributed by atoms with Gasteiger partial charge in [0, 0.05) is 10.6 Å². The summed E-state index contributed by atoms with van der Waals surface area (Å²) < 4.78 is 13.9. The lowest BCUT2D eigenvalue weighted by molar-refractivity contribution is 0.0971. The van der Waals surface area contributed by atoms with Gasteiger partial charge in [0.1, 0.15) is 5.82 Å². The third kappa shape index (κ3) is 1.57. The molecule has 0 saturated heterocycles. The smallest absolute Gasteiger partial charge is 0.175 e. The number of carbonyl (C=O) groups excluding carboxylic acids is 1. The molecule has 76 valence electrons. The van der Waals surface area contributed by atoms with Crippen molar-refractivity contribution in [1.29, 1.82) is 0 Å². The molecule has 0 aliphatic heterocycles. The molecule has 0 amide bonds. The number of ketones is 1. The van der Waals surface area contributed by atoms with E-state index in [-0.39, 0.29) is 17.5 Å². The van der Waals surface area contributed by atoms with Crippen LogP contribution < -0.4 is 0 Å². The van der Waals surface area contributed by atoms with Crippen LogP contribution in [0.4, 0.5) is 4.39 Å². The van der Waals surface area contributed by atoms with Crippen molar-refractivity contribution in [2.75, 3.05) is 0 Å². The summed E-state index contributed by atoms with van der Waals surface area (Å²) in [5.41, 5.74) is 0. The van der Waals surface area contributed by atoms with Crippen LogP contribution in [0.2, 0.25) is 0 Å². The molecule has 1 aliphatic carbocycles. The number of rotatable bonds is 2. The minimum Gasteiger partial charge on any atom is -0.293 e.